The Balaban J connectivity index is 2.39. The Hall–Kier alpha value is -1.14. The highest BCUT2D eigenvalue weighted by Gasteiger charge is 2.16. The second kappa shape index (κ2) is 6.34. The van der Waals surface area contributed by atoms with Gasteiger partial charge in [-0.25, -0.2) is 4.39 Å². The SMILES string of the molecule is CNC(c1ccc(I)cc1)c1ccc(OC)cc1F. The van der Waals surface area contributed by atoms with Crippen molar-refractivity contribution in [1.82, 2.24) is 5.32 Å². The molecule has 0 spiro atoms. The molecular weight excluding hydrogens is 356 g/mol. The van der Waals surface area contributed by atoms with Gasteiger partial charge >= 0.3 is 0 Å². The summed E-state index contributed by atoms with van der Waals surface area (Å²) in [7, 11) is 3.36. The predicted octanol–water partition coefficient (Wildman–Crippen LogP) is 3.75. The Kier molecular flexibility index (Phi) is 4.76. The number of nitrogens with one attached hydrogen (secondary N) is 1. The van der Waals surface area contributed by atoms with Crippen LogP contribution in [0.4, 0.5) is 4.39 Å². The maximum Gasteiger partial charge on any atom is 0.132 e. The van der Waals surface area contributed by atoms with Gasteiger partial charge < -0.3 is 10.1 Å². The topological polar surface area (TPSA) is 21.3 Å². The molecule has 0 aliphatic carbocycles. The Morgan fingerprint density at radius 1 is 1.16 bits per heavy atom. The number of benzene rings is 2. The van der Waals surface area contributed by atoms with Gasteiger partial charge in [-0.1, -0.05) is 18.2 Å². The normalized spacial score (nSPS) is 12.2. The lowest BCUT2D eigenvalue weighted by molar-refractivity contribution is 0.410. The number of ether oxygens (including phenoxy) is 1. The summed E-state index contributed by atoms with van der Waals surface area (Å²) < 4.78 is 20.3. The van der Waals surface area contributed by atoms with Gasteiger partial charge in [0, 0.05) is 15.2 Å². The van der Waals surface area contributed by atoms with Crippen molar-refractivity contribution in [3.8, 4) is 5.75 Å². The molecule has 4 heteroatoms. The summed E-state index contributed by atoms with van der Waals surface area (Å²) in [5.74, 6) is 0.260. The lowest BCUT2D eigenvalue weighted by Gasteiger charge is -2.18. The van der Waals surface area contributed by atoms with E-state index in [9.17, 15) is 4.39 Å². The molecule has 2 nitrogen and oxygen atoms in total. The van der Waals surface area contributed by atoms with Gasteiger partial charge in [0.25, 0.3) is 0 Å². The number of halogens is 2. The van der Waals surface area contributed by atoms with E-state index >= 15 is 0 Å². The Labute approximate surface area is 126 Å². The summed E-state index contributed by atoms with van der Waals surface area (Å²) in [6.07, 6.45) is 0. The maximum absolute atomic E-state index is 14.1. The van der Waals surface area contributed by atoms with Crippen molar-refractivity contribution in [3.63, 3.8) is 0 Å². The van der Waals surface area contributed by atoms with Gasteiger partial charge in [-0.2, -0.15) is 0 Å². The number of hydrogen-bond donors (Lipinski definition) is 1. The van der Waals surface area contributed by atoms with Crippen LogP contribution in [0.3, 0.4) is 0 Å². The molecule has 2 aromatic rings. The Morgan fingerprint density at radius 2 is 1.84 bits per heavy atom. The largest absolute Gasteiger partial charge is 0.497 e. The van der Waals surface area contributed by atoms with Gasteiger partial charge in [-0.05, 0) is 53.4 Å². The average molecular weight is 371 g/mol. The van der Waals surface area contributed by atoms with Gasteiger partial charge in [0.15, 0.2) is 0 Å². The number of hydrogen-bond acceptors (Lipinski definition) is 2. The van der Waals surface area contributed by atoms with Crippen LogP contribution >= 0.6 is 22.6 Å². The molecule has 2 aromatic carbocycles. The Morgan fingerprint density at radius 3 is 2.37 bits per heavy atom. The molecule has 2 rings (SSSR count). The molecule has 0 aromatic heterocycles. The molecule has 0 heterocycles. The van der Waals surface area contributed by atoms with Crippen LogP contribution in [-0.2, 0) is 0 Å². The number of rotatable bonds is 4. The fraction of sp³-hybridized carbons (Fsp3) is 0.200. The molecule has 0 saturated carbocycles. The van der Waals surface area contributed by atoms with E-state index in [1.54, 1.807) is 12.1 Å². The summed E-state index contributed by atoms with van der Waals surface area (Å²) in [5.41, 5.74) is 1.65. The van der Waals surface area contributed by atoms with Gasteiger partial charge in [-0.15, -0.1) is 0 Å². The van der Waals surface area contributed by atoms with E-state index in [-0.39, 0.29) is 11.9 Å². The molecule has 1 N–H and O–H groups in total. The van der Waals surface area contributed by atoms with E-state index in [0.717, 1.165) is 9.13 Å². The lowest BCUT2D eigenvalue weighted by atomic mass is 9.98. The van der Waals surface area contributed by atoms with Crippen LogP contribution < -0.4 is 10.1 Å². The summed E-state index contributed by atoms with van der Waals surface area (Å²) in [5, 5.41) is 3.15. The molecule has 0 radical (unpaired) electrons. The van der Waals surface area contributed by atoms with E-state index in [2.05, 4.69) is 27.9 Å². The van der Waals surface area contributed by atoms with Crippen molar-refractivity contribution < 1.29 is 9.13 Å². The molecular formula is C15H15FINO. The van der Waals surface area contributed by atoms with E-state index in [0.29, 0.717) is 11.3 Å². The monoisotopic (exact) mass is 371 g/mol. The van der Waals surface area contributed by atoms with E-state index in [1.165, 1.54) is 13.2 Å². The fourth-order valence-corrected chi connectivity index (χ4v) is 2.39. The van der Waals surface area contributed by atoms with E-state index < -0.39 is 0 Å². The molecule has 0 bridgehead atoms. The van der Waals surface area contributed by atoms with E-state index in [1.807, 2.05) is 31.3 Å². The molecule has 1 atom stereocenters. The van der Waals surface area contributed by atoms with Crippen LogP contribution in [0.5, 0.6) is 5.75 Å². The van der Waals surface area contributed by atoms with Gasteiger partial charge in [0.1, 0.15) is 11.6 Å². The van der Waals surface area contributed by atoms with E-state index in [4.69, 9.17) is 4.74 Å². The van der Waals surface area contributed by atoms with Gasteiger partial charge in [0.2, 0.25) is 0 Å². The average Bonchev–Trinajstić information content (AvgIpc) is 2.43. The third kappa shape index (κ3) is 3.25. The van der Waals surface area contributed by atoms with Crippen LogP contribution in [0.1, 0.15) is 17.2 Å². The molecule has 0 saturated heterocycles. The third-order valence-corrected chi connectivity index (χ3v) is 3.73. The first-order valence-corrected chi connectivity index (χ1v) is 6.99. The van der Waals surface area contributed by atoms with Crippen molar-refractivity contribution in [2.24, 2.45) is 0 Å². The second-order valence-corrected chi connectivity index (χ2v) is 5.41. The smallest absolute Gasteiger partial charge is 0.132 e. The minimum Gasteiger partial charge on any atom is -0.497 e. The quantitative estimate of drug-likeness (QED) is 0.827. The summed E-state index contributed by atoms with van der Waals surface area (Å²) in [4.78, 5) is 0. The molecule has 0 aliphatic rings. The van der Waals surface area contributed by atoms with Crippen LogP contribution in [0.25, 0.3) is 0 Å². The standard InChI is InChI=1S/C15H15FINO/c1-18-15(10-3-5-11(17)6-4-10)13-8-7-12(19-2)9-14(13)16/h3-9,15,18H,1-2H3. The van der Waals surface area contributed by atoms with Gasteiger partial charge in [0.05, 0.1) is 13.2 Å². The van der Waals surface area contributed by atoms with Crippen molar-refractivity contribution in [2.75, 3.05) is 14.2 Å². The summed E-state index contributed by atoms with van der Waals surface area (Å²) in [6.45, 7) is 0. The fourth-order valence-electron chi connectivity index (χ4n) is 2.03. The molecule has 0 aliphatic heterocycles. The summed E-state index contributed by atoms with van der Waals surface area (Å²) >= 11 is 2.25. The number of methoxy groups -OCH3 is 1. The first kappa shape index (κ1) is 14.3. The molecule has 1 unspecified atom stereocenters. The zero-order chi connectivity index (χ0) is 13.8. The molecule has 19 heavy (non-hydrogen) atoms. The Bertz CT molecular complexity index is 557. The van der Waals surface area contributed by atoms with Crippen LogP contribution in [0, 0.1) is 9.39 Å². The van der Waals surface area contributed by atoms with Crippen molar-refractivity contribution >= 4 is 22.6 Å². The van der Waals surface area contributed by atoms with Crippen LogP contribution in [0.2, 0.25) is 0 Å². The molecule has 0 fully saturated rings. The molecule has 0 amide bonds. The predicted molar refractivity (Wildman–Crippen MR) is 83.0 cm³/mol. The zero-order valence-corrected chi connectivity index (χ0v) is 12.9. The minimum absolute atomic E-state index is 0.164. The summed E-state index contributed by atoms with van der Waals surface area (Å²) in [6, 6.07) is 12.8. The van der Waals surface area contributed by atoms with Crippen molar-refractivity contribution in [2.45, 2.75) is 6.04 Å². The van der Waals surface area contributed by atoms with Crippen LogP contribution in [-0.4, -0.2) is 14.2 Å². The zero-order valence-electron chi connectivity index (χ0n) is 10.8. The van der Waals surface area contributed by atoms with Gasteiger partial charge in [-0.3, -0.25) is 0 Å². The maximum atomic E-state index is 14.1. The molecule has 100 valence electrons. The highest BCUT2D eigenvalue weighted by Crippen LogP contribution is 2.27. The van der Waals surface area contributed by atoms with Crippen molar-refractivity contribution in [1.29, 1.82) is 0 Å². The first-order chi connectivity index (χ1) is 9.15. The lowest BCUT2D eigenvalue weighted by Crippen LogP contribution is -2.19. The second-order valence-electron chi connectivity index (χ2n) is 4.16. The van der Waals surface area contributed by atoms with Crippen molar-refractivity contribution in [3.05, 3.63) is 63.0 Å². The highest BCUT2D eigenvalue weighted by molar-refractivity contribution is 14.1. The highest BCUT2D eigenvalue weighted by atomic mass is 127. The minimum atomic E-state index is -0.266. The third-order valence-electron chi connectivity index (χ3n) is 3.01. The van der Waals surface area contributed by atoms with Crippen LogP contribution in [0.15, 0.2) is 42.5 Å². The first-order valence-electron chi connectivity index (χ1n) is 5.92.